The Hall–Kier alpha value is 0.520. The SMILES string of the molecule is CC(=O)C(OP)C(OPP)C(=O)NCCCN(CC(=O)NS)C(=O)C(OPP)C(OP)C(C)=O. The number of rotatable bonds is 18. The van der Waals surface area contributed by atoms with Gasteiger partial charge in [0.25, 0.3) is 11.8 Å². The number of carbonyl (C=O) groups excluding carboxylic acids is 5. The van der Waals surface area contributed by atoms with Crippen molar-refractivity contribution in [1.29, 1.82) is 0 Å². The van der Waals surface area contributed by atoms with E-state index < -0.39 is 47.9 Å². The molecular formula is C15H31N3O9P6S. The summed E-state index contributed by atoms with van der Waals surface area (Å²) in [7, 11) is 8.15. The van der Waals surface area contributed by atoms with E-state index in [4.69, 9.17) is 18.1 Å². The van der Waals surface area contributed by atoms with E-state index in [2.05, 4.69) is 40.7 Å². The lowest BCUT2D eigenvalue weighted by Gasteiger charge is -2.29. The zero-order chi connectivity index (χ0) is 26.3. The van der Waals surface area contributed by atoms with Crippen molar-refractivity contribution in [2.75, 3.05) is 19.6 Å². The van der Waals surface area contributed by atoms with Crippen molar-refractivity contribution < 1.29 is 42.1 Å². The van der Waals surface area contributed by atoms with Gasteiger partial charge in [-0.15, -0.1) is 0 Å². The summed E-state index contributed by atoms with van der Waals surface area (Å²) in [6.45, 7) is 2.31. The summed E-state index contributed by atoms with van der Waals surface area (Å²) in [5.41, 5.74) is 0. The number of ketones is 2. The van der Waals surface area contributed by atoms with E-state index in [0.29, 0.717) is 0 Å². The molecule has 0 rings (SSSR count). The van der Waals surface area contributed by atoms with Crippen molar-refractivity contribution in [2.45, 2.75) is 44.7 Å². The number of amides is 3. The van der Waals surface area contributed by atoms with Gasteiger partial charge in [-0.3, -0.25) is 24.0 Å². The first kappa shape index (κ1) is 34.5. The second kappa shape index (κ2) is 19.6. The molecule has 10 unspecified atom stereocenters. The molecule has 12 nitrogen and oxygen atoms in total. The lowest BCUT2D eigenvalue weighted by molar-refractivity contribution is -0.148. The standard InChI is InChI=1S/C15H31N3O9P6S/c1-7(19)10(24-28)12(26-32-30)14(22)16-4-3-5-18(6-9(21)17-34)15(23)13(27-33-31)11(25-29)8(2)20/h10-13,32-34H,3-6,28-31H2,1-2H3,(H,16,22)(H,17,21). The predicted octanol–water partition coefficient (Wildman–Crippen LogP) is 0.348. The predicted molar refractivity (Wildman–Crippen MR) is 148 cm³/mol. The molecule has 10 atom stereocenters. The Balaban J connectivity index is 5.32. The van der Waals surface area contributed by atoms with Gasteiger partial charge >= 0.3 is 0 Å². The third-order valence-electron chi connectivity index (χ3n) is 4.21. The molecule has 0 heterocycles. The van der Waals surface area contributed by atoms with Gasteiger partial charge in [0, 0.05) is 49.0 Å². The molecule has 34 heavy (non-hydrogen) atoms. The minimum absolute atomic E-state index is 0.0365. The second-order valence-corrected chi connectivity index (χ2v) is 9.71. The highest BCUT2D eigenvalue weighted by atomic mass is 32.1. The van der Waals surface area contributed by atoms with E-state index in [1.807, 2.05) is 18.9 Å². The molecule has 0 aliphatic carbocycles. The molecule has 0 aromatic rings. The Labute approximate surface area is 217 Å². The molecule has 0 spiro atoms. The summed E-state index contributed by atoms with van der Waals surface area (Å²) in [5, 5.41) is 2.63. The molecule has 2 N–H and O–H groups in total. The van der Waals surface area contributed by atoms with Gasteiger partial charge < -0.3 is 33.0 Å². The second-order valence-electron chi connectivity index (χ2n) is 6.59. The van der Waals surface area contributed by atoms with Crippen LogP contribution in [0.3, 0.4) is 0 Å². The van der Waals surface area contributed by atoms with Gasteiger partial charge in [0.1, 0.15) is 6.54 Å². The quantitative estimate of drug-likeness (QED) is 0.113. The minimum atomic E-state index is -1.27. The fourth-order valence-corrected chi connectivity index (χ4v) is 5.01. The molecule has 0 aromatic carbocycles. The van der Waals surface area contributed by atoms with E-state index >= 15 is 0 Å². The normalized spacial score (nSPS) is 15.1. The highest BCUT2D eigenvalue weighted by Gasteiger charge is 2.36. The maximum atomic E-state index is 13.1. The largest absolute Gasteiger partial charge is 0.354 e. The Morgan fingerprint density at radius 3 is 1.85 bits per heavy atom. The highest BCUT2D eigenvalue weighted by molar-refractivity contribution is 8.00. The van der Waals surface area contributed by atoms with Crippen molar-refractivity contribution in [3.8, 4) is 0 Å². The summed E-state index contributed by atoms with van der Waals surface area (Å²) in [6.07, 6.45) is -4.48. The van der Waals surface area contributed by atoms with Gasteiger partial charge in [-0.25, -0.2) is 0 Å². The van der Waals surface area contributed by atoms with Crippen molar-refractivity contribution in [3.05, 3.63) is 0 Å². The first-order valence-electron chi connectivity index (χ1n) is 9.53. The van der Waals surface area contributed by atoms with Crippen LogP contribution < -0.4 is 10.0 Å². The summed E-state index contributed by atoms with van der Waals surface area (Å²) < 4.78 is 23.0. The average molecular weight is 615 g/mol. The number of nitrogens with zero attached hydrogens (tertiary/aromatic N) is 1. The van der Waals surface area contributed by atoms with E-state index in [9.17, 15) is 24.0 Å². The zero-order valence-electron chi connectivity index (χ0n) is 18.5. The fraction of sp³-hybridized carbons (Fsp3) is 0.667. The van der Waals surface area contributed by atoms with Crippen molar-refractivity contribution in [1.82, 2.24) is 14.9 Å². The summed E-state index contributed by atoms with van der Waals surface area (Å²) in [5.74, 6) is -2.58. The fourth-order valence-electron chi connectivity index (χ4n) is 2.64. The Kier molecular flexibility index (Phi) is 19.9. The van der Waals surface area contributed by atoms with Crippen LogP contribution in [0.5, 0.6) is 0 Å². The van der Waals surface area contributed by atoms with E-state index in [1.165, 1.54) is 18.7 Å². The van der Waals surface area contributed by atoms with Crippen LogP contribution in [0, 0.1) is 0 Å². The number of hydrogen-bond donors (Lipinski definition) is 3. The van der Waals surface area contributed by atoms with Crippen LogP contribution >= 0.6 is 66.6 Å². The summed E-state index contributed by atoms with van der Waals surface area (Å²) in [6, 6.07) is 0. The van der Waals surface area contributed by atoms with Crippen LogP contribution in [0.15, 0.2) is 0 Å². The molecule has 0 radical (unpaired) electrons. The van der Waals surface area contributed by atoms with Gasteiger partial charge in [0.15, 0.2) is 36.0 Å². The van der Waals surface area contributed by atoms with Crippen LogP contribution in [-0.2, 0) is 42.1 Å². The molecule has 0 bridgehead atoms. The molecule has 19 heteroatoms. The average Bonchev–Trinajstić information content (AvgIpc) is 2.79. The maximum absolute atomic E-state index is 13.1. The van der Waals surface area contributed by atoms with Gasteiger partial charge in [-0.05, 0) is 20.3 Å². The first-order chi connectivity index (χ1) is 16.1. The van der Waals surface area contributed by atoms with Crippen LogP contribution in [0.4, 0.5) is 0 Å². The lowest BCUT2D eigenvalue weighted by atomic mass is 10.1. The van der Waals surface area contributed by atoms with Crippen molar-refractivity contribution >= 4 is 95.9 Å². The van der Waals surface area contributed by atoms with Crippen LogP contribution in [0.1, 0.15) is 20.3 Å². The molecule has 0 aromatic heterocycles. The van der Waals surface area contributed by atoms with Crippen molar-refractivity contribution in [3.63, 3.8) is 0 Å². The van der Waals surface area contributed by atoms with Gasteiger partial charge in [0.2, 0.25) is 5.91 Å². The molecule has 0 aliphatic heterocycles. The van der Waals surface area contributed by atoms with Crippen LogP contribution in [0.2, 0.25) is 0 Å². The topological polar surface area (TPSA) is 150 Å². The molecule has 3 amide bonds. The number of Topliss-reactive ketones (excluding diaryl/α,β-unsaturated/α-hetero) is 2. The van der Waals surface area contributed by atoms with Gasteiger partial charge in [0.05, 0.1) is 0 Å². The molecule has 0 aliphatic rings. The Morgan fingerprint density at radius 2 is 1.41 bits per heavy atom. The van der Waals surface area contributed by atoms with Gasteiger partial charge in [-0.2, -0.15) is 0 Å². The van der Waals surface area contributed by atoms with E-state index in [0.717, 1.165) is 0 Å². The van der Waals surface area contributed by atoms with E-state index in [1.54, 1.807) is 0 Å². The number of carbonyl (C=O) groups is 5. The number of thiol groups is 1. The Bertz CT molecular complexity index is 711. The highest BCUT2D eigenvalue weighted by Crippen LogP contribution is 2.28. The summed E-state index contributed by atoms with van der Waals surface area (Å²) >= 11 is 3.70. The Morgan fingerprint density at radius 1 is 0.912 bits per heavy atom. The minimum Gasteiger partial charge on any atom is -0.354 e. The molecule has 196 valence electrons. The molecular weight excluding hydrogens is 584 g/mol. The van der Waals surface area contributed by atoms with Gasteiger partial charge in [-0.1, -0.05) is 30.7 Å². The monoisotopic (exact) mass is 615 g/mol. The number of hydrogen-bond acceptors (Lipinski definition) is 10. The third kappa shape index (κ3) is 12.2. The molecule has 0 saturated carbocycles. The molecule has 0 saturated heterocycles. The zero-order valence-corrected chi connectivity index (χ0v) is 26.0. The maximum Gasteiger partial charge on any atom is 0.255 e. The smallest absolute Gasteiger partial charge is 0.255 e. The van der Waals surface area contributed by atoms with E-state index in [-0.39, 0.29) is 48.8 Å². The number of nitrogens with one attached hydrogen (secondary N) is 2. The van der Waals surface area contributed by atoms with Crippen LogP contribution in [0.25, 0.3) is 0 Å². The lowest BCUT2D eigenvalue weighted by Crippen LogP contribution is -2.51. The first-order valence-corrected chi connectivity index (χ1v) is 16.4. The van der Waals surface area contributed by atoms with Crippen molar-refractivity contribution in [2.24, 2.45) is 0 Å². The van der Waals surface area contributed by atoms with Crippen LogP contribution in [-0.4, -0.2) is 78.2 Å². The summed E-state index contributed by atoms with van der Waals surface area (Å²) in [4.78, 5) is 62.3. The third-order valence-corrected chi connectivity index (χ3v) is 6.64. The molecule has 0 fully saturated rings.